The Morgan fingerprint density at radius 3 is 2.65 bits per heavy atom. The maximum Gasteiger partial charge on any atom is 0.292 e. The van der Waals surface area contributed by atoms with E-state index in [1.54, 1.807) is 0 Å². The molecule has 0 radical (unpaired) electrons. The number of rotatable bonds is 5. The van der Waals surface area contributed by atoms with Gasteiger partial charge in [0.15, 0.2) is 0 Å². The number of nitrogens with zero attached hydrogens (tertiary/aromatic N) is 2. The summed E-state index contributed by atoms with van der Waals surface area (Å²) in [6.45, 7) is 1.78. The molecule has 2 fully saturated rings. The van der Waals surface area contributed by atoms with Crippen molar-refractivity contribution < 1.29 is 9.53 Å². The third-order valence-electron chi connectivity index (χ3n) is 4.40. The van der Waals surface area contributed by atoms with Gasteiger partial charge in [-0.15, -0.1) is 0 Å². The van der Waals surface area contributed by atoms with Crippen molar-refractivity contribution in [1.29, 1.82) is 0 Å². The van der Waals surface area contributed by atoms with Crippen LogP contribution in [0.5, 0.6) is 0 Å². The van der Waals surface area contributed by atoms with E-state index < -0.39 is 0 Å². The fraction of sp³-hybridized carbons (Fsp3) is 0.529. The van der Waals surface area contributed by atoms with Crippen LogP contribution in [0, 0.1) is 0 Å². The van der Waals surface area contributed by atoms with E-state index in [0.29, 0.717) is 12.5 Å². The molecule has 1 saturated carbocycles. The van der Waals surface area contributed by atoms with E-state index in [9.17, 15) is 4.79 Å². The Labute approximate surface area is 136 Å². The number of anilines is 1. The molecule has 1 heterocycles. The number of ether oxygens (including phenoxy) is 1. The van der Waals surface area contributed by atoms with Crippen molar-refractivity contribution >= 4 is 23.8 Å². The molecule has 1 aromatic carbocycles. The van der Waals surface area contributed by atoms with E-state index >= 15 is 0 Å². The normalized spacial score (nSPS) is 20.9. The van der Waals surface area contributed by atoms with Gasteiger partial charge in [0.25, 0.3) is 6.02 Å². The van der Waals surface area contributed by atoms with Crippen LogP contribution in [0.4, 0.5) is 11.4 Å². The van der Waals surface area contributed by atoms with Crippen LogP contribution in [0.1, 0.15) is 38.5 Å². The number of amidine groups is 1. The third-order valence-corrected chi connectivity index (χ3v) is 4.40. The molecular formula is C17H24N4O2. The minimum Gasteiger partial charge on any atom is -0.465 e. The molecule has 1 aromatic rings. The number of aliphatic imine (C=N–C) groups is 1. The summed E-state index contributed by atoms with van der Waals surface area (Å²) in [4.78, 5) is 17.3. The number of hydrogen-bond donors (Lipinski definition) is 2. The lowest BCUT2D eigenvalue weighted by Crippen LogP contribution is -2.46. The Balaban J connectivity index is 1.71. The quantitative estimate of drug-likeness (QED) is 0.647. The molecule has 3 rings (SSSR count). The summed E-state index contributed by atoms with van der Waals surface area (Å²) < 4.78 is 5.84. The molecule has 1 amide bonds. The average Bonchev–Trinajstić information content (AvgIpc) is 2.62. The molecule has 6 heteroatoms. The predicted molar refractivity (Wildman–Crippen MR) is 90.5 cm³/mol. The van der Waals surface area contributed by atoms with Gasteiger partial charge >= 0.3 is 0 Å². The lowest BCUT2D eigenvalue weighted by Gasteiger charge is -2.38. The zero-order valence-electron chi connectivity index (χ0n) is 13.3. The Morgan fingerprint density at radius 2 is 1.91 bits per heavy atom. The number of hydrogen-bond acceptors (Lipinski definition) is 4. The van der Waals surface area contributed by atoms with E-state index in [1.165, 1.54) is 32.1 Å². The topological polar surface area (TPSA) is 66.0 Å². The van der Waals surface area contributed by atoms with Gasteiger partial charge in [-0.3, -0.25) is 15.6 Å². The van der Waals surface area contributed by atoms with Crippen molar-refractivity contribution in [3.8, 4) is 0 Å². The highest BCUT2D eigenvalue weighted by Gasteiger charge is 2.27. The first-order valence-corrected chi connectivity index (χ1v) is 8.40. The molecule has 0 spiro atoms. The molecule has 0 aromatic heterocycles. The molecule has 124 valence electrons. The molecule has 0 atom stereocenters. The first-order chi connectivity index (χ1) is 11.4. The Bertz CT molecular complexity index is 538. The summed E-state index contributed by atoms with van der Waals surface area (Å²) in [5.74, 6) is 0. The lowest BCUT2D eigenvalue weighted by molar-refractivity contribution is -0.109. The monoisotopic (exact) mass is 316 g/mol. The maximum atomic E-state index is 10.3. The van der Waals surface area contributed by atoms with E-state index in [1.807, 2.05) is 24.3 Å². The van der Waals surface area contributed by atoms with Crippen molar-refractivity contribution in [1.82, 2.24) is 10.3 Å². The zero-order chi connectivity index (χ0) is 15.9. The van der Waals surface area contributed by atoms with Crippen LogP contribution in [0.25, 0.3) is 0 Å². The molecule has 1 aliphatic heterocycles. The van der Waals surface area contributed by atoms with Gasteiger partial charge in [-0.1, -0.05) is 19.3 Å². The summed E-state index contributed by atoms with van der Waals surface area (Å²) in [5, 5.41) is 0. The summed E-state index contributed by atoms with van der Waals surface area (Å²) in [6.07, 6.45) is 8.10. The van der Waals surface area contributed by atoms with Gasteiger partial charge in [0.2, 0.25) is 6.41 Å². The molecule has 2 N–H and O–H groups in total. The Hall–Kier alpha value is -2.24. The number of benzene rings is 1. The molecule has 6 nitrogen and oxygen atoms in total. The van der Waals surface area contributed by atoms with E-state index in [-0.39, 0.29) is 0 Å². The van der Waals surface area contributed by atoms with Crippen LogP contribution < -0.4 is 10.9 Å². The molecule has 1 aliphatic carbocycles. The number of nitrogens with one attached hydrogen (secondary N) is 2. The van der Waals surface area contributed by atoms with Crippen LogP contribution in [-0.2, 0) is 9.53 Å². The lowest BCUT2D eigenvalue weighted by atomic mass is 9.94. The van der Waals surface area contributed by atoms with Gasteiger partial charge in [-0.05, 0) is 43.5 Å². The van der Waals surface area contributed by atoms with Crippen LogP contribution in [0.3, 0.4) is 0 Å². The van der Waals surface area contributed by atoms with Gasteiger partial charge in [-0.25, -0.2) is 0 Å². The Kier molecular flexibility index (Phi) is 5.34. The van der Waals surface area contributed by atoms with E-state index in [0.717, 1.165) is 37.0 Å². The second-order valence-electron chi connectivity index (χ2n) is 6.02. The number of amides is 1. The van der Waals surface area contributed by atoms with Crippen molar-refractivity contribution in [3.05, 3.63) is 24.3 Å². The fourth-order valence-electron chi connectivity index (χ4n) is 3.25. The van der Waals surface area contributed by atoms with E-state index in [4.69, 9.17) is 9.73 Å². The van der Waals surface area contributed by atoms with Gasteiger partial charge in [0.05, 0.1) is 18.0 Å². The number of carbonyl (C=O) groups excluding carboxylic acids is 1. The average molecular weight is 316 g/mol. The minimum absolute atomic E-state index is 0.570. The largest absolute Gasteiger partial charge is 0.465 e. The standard InChI is InChI=1S/C17H24N4O2/c22-13-18-20-15-9-7-14(8-10-15)19-17-21(11-4-12-23-17)16-5-2-1-3-6-16/h7-10,13,16,20H,1-6,11-12H2,(H,18,22)/b19-17-. The molecule has 0 bridgehead atoms. The van der Waals surface area contributed by atoms with Gasteiger partial charge < -0.3 is 9.64 Å². The Morgan fingerprint density at radius 1 is 1.13 bits per heavy atom. The molecule has 0 unspecified atom stereocenters. The van der Waals surface area contributed by atoms with Crippen LogP contribution in [0.15, 0.2) is 29.3 Å². The fourth-order valence-corrected chi connectivity index (χ4v) is 3.25. The zero-order valence-corrected chi connectivity index (χ0v) is 13.3. The summed E-state index contributed by atoms with van der Waals surface area (Å²) >= 11 is 0. The summed E-state index contributed by atoms with van der Waals surface area (Å²) in [6, 6.07) is 8.92. The van der Waals surface area contributed by atoms with Gasteiger partial charge in [0, 0.05) is 12.6 Å². The smallest absolute Gasteiger partial charge is 0.292 e. The van der Waals surface area contributed by atoms with Crippen LogP contribution >= 0.6 is 0 Å². The SMILES string of the molecule is O=CNNc1ccc(/N=C2\OCCCN2C2CCCCC2)cc1. The summed E-state index contributed by atoms with van der Waals surface area (Å²) in [7, 11) is 0. The molecule has 2 aliphatic rings. The van der Waals surface area contributed by atoms with Crippen molar-refractivity contribution in [3.63, 3.8) is 0 Å². The van der Waals surface area contributed by atoms with Crippen LogP contribution in [-0.4, -0.2) is 36.5 Å². The third kappa shape index (κ3) is 4.15. The van der Waals surface area contributed by atoms with E-state index in [2.05, 4.69) is 15.8 Å². The van der Waals surface area contributed by atoms with Crippen molar-refractivity contribution in [2.75, 3.05) is 18.6 Å². The van der Waals surface area contributed by atoms with Crippen molar-refractivity contribution in [2.45, 2.75) is 44.6 Å². The highest BCUT2D eigenvalue weighted by atomic mass is 16.5. The van der Waals surface area contributed by atoms with Crippen molar-refractivity contribution in [2.24, 2.45) is 4.99 Å². The minimum atomic E-state index is 0.570. The first kappa shape index (κ1) is 15.6. The second kappa shape index (κ2) is 7.85. The van der Waals surface area contributed by atoms with Crippen LogP contribution in [0.2, 0.25) is 0 Å². The first-order valence-electron chi connectivity index (χ1n) is 8.40. The predicted octanol–water partition coefficient (Wildman–Crippen LogP) is 2.80. The molecule has 1 saturated heterocycles. The highest BCUT2D eigenvalue weighted by Crippen LogP contribution is 2.26. The number of carbonyl (C=O) groups is 1. The highest BCUT2D eigenvalue weighted by molar-refractivity contribution is 5.78. The second-order valence-corrected chi connectivity index (χ2v) is 6.02. The molecule has 23 heavy (non-hydrogen) atoms. The maximum absolute atomic E-state index is 10.3. The number of hydrazine groups is 1. The van der Waals surface area contributed by atoms with Gasteiger partial charge in [0.1, 0.15) is 0 Å². The molecular weight excluding hydrogens is 292 g/mol. The van der Waals surface area contributed by atoms with Gasteiger partial charge in [-0.2, -0.15) is 4.99 Å². The summed E-state index contributed by atoms with van der Waals surface area (Å²) in [5.41, 5.74) is 6.87.